The number of hydrogen-bond donors (Lipinski definition) is 2. The molecular weight excluding hydrogens is 592 g/mol. The maximum Gasteiger partial charge on any atom is 0.258 e. The number of carbonyl (C=O) groups is 1. The lowest BCUT2D eigenvalue weighted by Gasteiger charge is -2.42. The number of hydrogen-bond acceptors (Lipinski definition) is 9. The number of ether oxygens (including phenoxy) is 1. The summed E-state index contributed by atoms with van der Waals surface area (Å²) in [5.41, 5.74) is 4.18. The number of methoxy groups -OCH3 is 1. The minimum Gasteiger partial charge on any atom is -0.496 e. The minimum atomic E-state index is -0.670. The number of aromatic nitrogens is 4. The molecule has 11 heteroatoms. The van der Waals surface area contributed by atoms with E-state index in [0.717, 1.165) is 63.1 Å². The third-order valence-corrected chi connectivity index (χ3v) is 10.5. The van der Waals surface area contributed by atoms with Crippen LogP contribution in [0.5, 0.6) is 5.75 Å². The Bertz CT molecular complexity index is 1710. The summed E-state index contributed by atoms with van der Waals surface area (Å²) >= 11 is 0. The number of imidazole rings is 1. The number of nitrogens with one attached hydrogen (secondary N) is 1. The number of piperazine rings is 1. The van der Waals surface area contributed by atoms with Crippen LogP contribution in [-0.4, -0.2) is 105 Å². The number of anilines is 2. The van der Waals surface area contributed by atoms with Crippen molar-refractivity contribution in [3.05, 3.63) is 60.6 Å². The number of likely N-dealkylation sites (N-methyl/N-ethyl adjacent to an activating group) is 1. The number of pyridine rings is 2. The predicted octanol–water partition coefficient (Wildman–Crippen LogP) is 4.84. The van der Waals surface area contributed by atoms with Gasteiger partial charge in [0, 0.05) is 81.2 Å². The Balaban J connectivity index is 1.15. The Morgan fingerprint density at radius 1 is 0.957 bits per heavy atom. The first-order valence-corrected chi connectivity index (χ1v) is 17.0. The van der Waals surface area contributed by atoms with Gasteiger partial charge in [-0.1, -0.05) is 0 Å². The van der Waals surface area contributed by atoms with E-state index in [2.05, 4.69) is 59.8 Å². The van der Waals surface area contributed by atoms with Crippen molar-refractivity contribution in [2.45, 2.75) is 63.1 Å². The van der Waals surface area contributed by atoms with Crippen molar-refractivity contribution in [3.63, 3.8) is 0 Å². The van der Waals surface area contributed by atoms with E-state index in [9.17, 15) is 9.90 Å². The van der Waals surface area contributed by atoms with Crippen LogP contribution in [0.4, 0.5) is 11.6 Å². The summed E-state index contributed by atoms with van der Waals surface area (Å²) in [6, 6.07) is 12.5. The molecule has 5 heterocycles. The van der Waals surface area contributed by atoms with Crippen LogP contribution < -0.4 is 15.0 Å². The fourth-order valence-electron chi connectivity index (χ4n) is 7.54. The number of aliphatic hydroxyl groups is 1. The van der Waals surface area contributed by atoms with Crippen LogP contribution in [0.1, 0.15) is 61.8 Å². The summed E-state index contributed by atoms with van der Waals surface area (Å²) in [5, 5.41) is 13.9. The van der Waals surface area contributed by atoms with Crippen molar-refractivity contribution in [1.29, 1.82) is 0 Å². The van der Waals surface area contributed by atoms with E-state index in [1.807, 2.05) is 6.92 Å². The molecular formula is C36H46N8O3. The summed E-state index contributed by atoms with van der Waals surface area (Å²) in [7, 11) is 3.82. The van der Waals surface area contributed by atoms with Crippen LogP contribution in [0.25, 0.3) is 22.3 Å². The number of fused-ring (bicyclic) bond motifs is 1. The van der Waals surface area contributed by atoms with E-state index in [1.54, 1.807) is 43.9 Å². The average molecular weight is 639 g/mol. The molecule has 3 aromatic heterocycles. The van der Waals surface area contributed by atoms with Gasteiger partial charge in [0.05, 0.1) is 35.0 Å². The number of amides is 1. The minimum absolute atomic E-state index is 0.112. The fraction of sp³-hybridized carbons (Fsp3) is 0.500. The first kappa shape index (κ1) is 31.5. The van der Waals surface area contributed by atoms with Gasteiger partial charge in [-0.3, -0.25) is 25.0 Å². The largest absolute Gasteiger partial charge is 0.496 e. The lowest BCUT2D eigenvalue weighted by atomic mass is 9.83. The van der Waals surface area contributed by atoms with Gasteiger partial charge in [0.15, 0.2) is 0 Å². The molecule has 47 heavy (non-hydrogen) atoms. The highest BCUT2D eigenvalue weighted by atomic mass is 16.5. The Labute approximate surface area is 276 Å². The van der Waals surface area contributed by atoms with Gasteiger partial charge in [0.25, 0.3) is 5.91 Å². The normalized spacial score (nSPS) is 23.2. The summed E-state index contributed by atoms with van der Waals surface area (Å²) in [6.07, 6.45) is 10.3. The summed E-state index contributed by atoms with van der Waals surface area (Å²) in [5.74, 6) is 0.904. The molecule has 1 aliphatic carbocycles. The molecule has 7 rings (SSSR count). The van der Waals surface area contributed by atoms with Crippen molar-refractivity contribution in [2.75, 3.05) is 63.6 Å². The molecule has 0 spiro atoms. The summed E-state index contributed by atoms with van der Waals surface area (Å²) in [4.78, 5) is 35.0. The molecule has 1 saturated carbocycles. The van der Waals surface area contributed by atoms with Crippen LogP contribution in [0.15, 0.2) is 55.0 Å². The van der Waals surface area contributed by atoms with Gasteiger partial charge in [-0.25, -0.2) is 4.98 Å². The smallest absolute Gasteiger partial charge is 0.258 e. The number of nitrogens with zero attached hydrogens (tertiary/aromatic N) is 7. The second-order valence-corrected chi connectivity index (χ2v) is 13.7. The maximum absolute atomic E-state index is 13.8. The van der Waals surface area contributed by atoms with Gasteiger partial charge in [-0.15, -0.1) is 0 Å². The fourth-order valence-corrected chi connectivity index (χ4v) is 7.54. The third kappa shape index (κ3) is 6.70. The summed E-state index contributed by atoms with van der Waals surface area (Å²) < 4.78 is 7.70. The Kier molecular flexibility index (Phi) is 8.87. The van der Waals surface area contributed by atoms with E-state index < -0.39 is 5.60 Å². The van der Waals surface area contributed by atoms with Crippen molar-refractivity contribution in [3.8, 4) is 17.0 Å². The molecule has 0 radical (unpaired) electrons. The topological polar surface area (TPSA) is 112 Å². The predicted molar refractivity (Wildman–Crippen MR) is 184 cm³/mol. The molecule has 3 fully saturated rings. The van der Waals surface area contributed by atoms with E-state index >= 15 is 0 Å². The van der Waals surface area contributed by atoms with Crippen LogP contribution >= 0.6 is 0 Å². The zero-order valence-electron chi connectivity index (χ0n) is 27.7. The van der Waals surface area contributed by atoms with Crippen molar-refractivity contribution >= 4 is 28.6 Å². The average Bonchev–Trinajstić information content (AvgIpc) is 3.45. The molecule has 3 aliphatic rings. The molecule has 2 aliphatic heterocycles. The number of carbonyl (C=O) groups excluding carboxylic acids is 1. The van der Waals surface area contributed by atoms with Gasteiger partial charge in [-0.05, 0) is 88.9 Å². The number of benzene rings is 1. The molecule has 248 valence electrons. The standard InChI is InChI=1S/C36H46N8O3/c1-36(46)12-6-27(7-13-36)44-32-23-28(42-16-10-26(11-17-42)43-20-18-41(2)19-21-43)4-5-30(32)39-35(44)40-34(45)25-8-15-38-31(22-25)29-24-37-14-9-33(29)47-3/h4-5,8-9,14-15,22-24,26-27,46H,6-7,10-13,16-21H2,1-3H3,(H,39,40,45). The maximum atomic E-state index is 13.8. The van der Waals surface area contributed by atoms with E-state index in [4.69, 9.17) is 9.72 Å². The van der Waals surface area contributed by atoms with Gasteiger partial charge in [-0.2, -0.15) is 0 Å². The Morgan fingerprint density at radius 2 is 1.72 bits per heavy atom. The van der Waals surface area contributed by atoms with Crippen LogP contribution in [0.3, 0.4) is 0 Å². The van der Waals surface area contributed by atoms with Gasteiger partial charge < -0.3 is 24.2 Å². The SMILES string of the molecule is COc1ccncc1-c1cc(C(=O)Nc2nc3ccc(N4CCC(N5CCN(C)CC5)CC4)cc3n2C2CCC(C)(O)CC2)ccn1. The lowest BCUT2D eigenvalue weighted by molar-refractivity contribution is 0.0106. The second-order valence-electron chi connectivity index (χ2n) is 13.7. The van der Waals surface area contributed by atoms with Gasteiger partial charge >= 0.3 is 0 Å². The quantitative estimate of drug-likeness (QED) is 0.294. The van der Waals surface area contributed by atoms with E-state index in [0.29, 0.717) is 47.4 Å². The monoisotopic (exact) mass is 638 g/mol. The van der Waals surface area contributed by atoms with Gasteiger partial charge in [0.2, 0.25) is 5.95 Å². The van der Waals surface area contributed by atoms with Crippen LogP contribution in [-0.2, 0) is 0 Å². The lowest BCUT2D eigenvalue weighted by Crippen LogP contribution is -2.52. The highest BCUT2D eigenvalue weighted by molar-refractivity contribution is 6.04. The zero-order chi connectivity index (χ0) is 32.5. The van der Waals surface area contributed by atoms with Crippen molar-refractivity contribution in [2.24, 2.45) is 0 Å². The van der Waals surface area contributed by atoms with Gasteiger partial charge in [0.1, 0.15) is 5.75 Å². The number of rotatable bonds is 7. The third-order valence-electron chi connectivity index (χ3n) is 10.5. The zero-order valence-corrected chi connectivity index (χ0v) is 27.7. The molecule has 11 nitrogen and oxygen atoms in total. The first-order chi connectivity index (χ1) is 22.8. The molecule has 1 aromatic carbocycles. The molecule has 1 amide bonds. The second kappa shape index (κ2) is 13.2. The Morgan fingerprint density at radius 3 is 2.47 bits per heavy atom. The van der Waals surface area contributed by atoms with Crippen LogP contribution in [0, 0.1) is 0 Å². The highest BCUT2D eigenvalue weighted by Gasteiger charge is 2.32. The van der Waals surface area contributed by atoms with E-state index in [1.165, 1.54) is 18.5 Å². The summed E-state index contributed by atoms with van der Waals surface area (Å²) in [6.45, 7) is 8.59. The highest BCUT2D eigenvalue weighted by Crippen LogP contribution is 2.39. The molecule has 0 bridgehead atoms. The molecule has 0 unspecified atom stereocenters. The molecule has 2 saturated heterocycles. The van der Waals surface area contributed by atoms with Crippen LogP contribution in [0.2, 0.25) is 0 Å². The first-order valence-electron chi connectivity index (χ1n) is 17.0. The van der Waals surface area contributed by atoms with Crippen molar-refractivity contribution < 1.29 is 14.6 Å². The van der Waals surface area contributed by atoms with Crippen molar-refractivity contribution in [1.82, 2.24) is 29.3 Å². The Hall–Kier alpha value is -4.06. The van der Waals surface area contributed by atoms with E-state index in [-0.39, 0.29) is 11.9 Å². The number of piperidine rings is 1. The molecule has 2 N–H and O–H groups in total. The molecule has 0 atom stereocenters. The molecule has 4 aromatic rings.